The summed E-state index contributed by atoms with van der Waals surface area (Å²) in [7, 11) is 0. The van der Waals surface area contributed by atoms with Crippen molar-refractivity contribution in [1.82, 2.24) is 15.3 Å². The summed E-state index contributed by atoms with van der Waals surface area (Å²) < 4.78 is 0. The van der Waals surface area contributed by atoms with E-state index in [0.29, 0.717) is 17.9 Å². The Kier molecular flexibility index (Phi) is 4.93. The lowest BCUT2D eigenvalue weighted by Gasteiger charge is -2.05. The topological polar surface area (TPSA) is 74.8 Å². The fourth-order valence-electron chi connectivity index (χ4n) is 2.65. The predicted molar refractivity (Wildman–Crippen MR) is 97.4 cm³/mol. The fourth-order valence-corrected chi connectivity index (χ4v) is 2.65. The van der Waals surface area contributed by atoms with Gasteiger partial charge in [0, 0.05) is 18.4 Å². The summed E-state index contributed by atoms with van der Waals surface area (Å²) in [5.41, 5.74) is 4.71. The number of hydrogen-bond acceptors (Lipinski definition) is 3. The van der Waals surface area contributed by atoms with Crippen LogP contribution in [-0.2, 0) is 11.3 Å². The van der Waals surface area contributed by atoms with E-state index in [-0.39, 0.29) is 24.5 Å². The van der Waals surface area contributed by atoms with E-state index in [4.69, 9.17) is 0 Å². The molecule has 0 aliphatic rings. The summed E-state index contributed by atoms with van der Waals surface area (Å²) in [6, 6.07) is 13.3. The zero-order chi connectivity index (χ0) is 17.8. The maximum absolute atomic E-state index is 12.2. The highest BCUT2D eigenvalue weighted by molar-refractivity contribution is 5.98. The van der Waals surface area contributed by atoms with Gasteiger partial charge in [-0.1, -0.05) is 24.3 Å². The number of para-hydroxylation sites is 2. The minimum absolute atomic E-state index is 0.0120. The molecule has 0 aliphatic heterocycles. The molecular weight excluding hydrogens is 314 g/mol. The van der Waals surface area contributed by atoms with Crippen molar-refractivity contribution in [2.75, 3.05) is 0 Å². The van der Waals surface area contributed by atoms with E-state index in [1.807, 2.05) is 56.3 Å². The largest absolute Gasteiger partial charge is 0.349 e. The van der Waals surface area contributed by atoms with Gasteiger partial charge in [-0.05, 0) is 43.2 Å². The first-order chi connectivity index (χ1) is 12.0. The molecule has 0 saturated carbocycles. The van der Waals surface area contributed by atoms with E-state index in [1.165, 1.54) is 0 Å². The van der Waals surface area contributed by atoms with E-state index in [2.05, 4.69) is 15.3 Å². The van der Waals surface area contributed by atoms with E-state index in [9.17, 15) is 9.59 Å². The summed E-state index contributed by atoms with van der Waals surface area (Å²) in [6.45, 7) is 4.31. The Morgan fingerprint density at radius 3 is 2.60 bits per heavy atom. The van der Waals surface area contributed by atoms with E-state index < -0.39 is 0 Å². The molecule has 5 heteroatoms. The van der Waals surface area contributed by atoms with Gasteiger partial charge in [-0.2, -0.15) is 0 Å². The third-order valence-electron chi connectivity index (χ3n) is 4.30. The average Bonchev–Trinajstić information content (AvgIpc) is 3.03. The van der Waals surface area contributed by atoms with Crippen LogP contribution in [0.5, 0.6) is 0 Å². The van der Waals surface area contributed by atoms with Crippen molar-refractivity contribution < 1.29 is 9.59 Å². The molecular formula is C20H21N3O2. The summed E-state index contributed by atoms with van der Waals surface area (Å²) >= 11 is 0. The summed E-state index contributed by atoms with van der Waals surface area (Å²) in [5.74, 6) is 0.537. The molecule has 0 radical (unpaired) electrons. The zero-order valence-electron chi connectivity index (χ0n) is 14.4. The Labute approximate surface area is 146 Å². The van der Waals surface area contributed by atoms with Crippen molar-refractivity contribution in [3.63, 3.8) is 0 Å². The van der Waals surface area contributed by atoms with Crippen LogP contribution in [0.15, 0.2) is 42.5 Å². The lowest BCUT2D eigenvalue weighted by atomic mass is 10.0. The maximum Gasteiger partial charge on any atom is 0.220 e. The van der Waals surface area contributed by atoms with Gasteiger partial charge in [-0.25, -0.2) is 4.98 Å². The monoisotopic (exact) mass is 335 g/mol. The van der Waals surface area contributed by atoms with Crippen LogP contribution in [0.3, 0.4) is 0 Å². The summed E-state index contributed by atoms with van der Waals surface area (Å²) in [6.07, 6.45) is 0.375. The number of aromatic amines is 1. The Morgan fingerprint density at radius 2 is 1.84 bits per heavy atom. The van der Waals surface area contributed by atoms with E-state index in [1.54, 1.807) is 0 Å². The Hall–Kier alpha value is -2.95. The molecule has 25 heavy (non-hydrogen) atoms. The number of carbonyl (C=O) groups is 2. The number of imidazole rings is 1. The van der Waals surface area contributed by atoms with Gasteiger partial charge in [0.05, 0.1) is 17.6 Å². The van der Waals surface area contributed by atoms with Crippen molar-refractivity contribution in [2.45, 2.75) is 33.2 Å². The highest BCUT2D eigenvalue weighted by Gasteiger charge is 2.11. The van der Waals surface area contributed by atoms with E-state index >= 15 is 0 Å². The molecule has 3 rings (SSSR count). The van der Waals surface area contributed by atoms with E-state index in [0.717, 1.165) is 22.2 Å². The minimum Gasteiger partial charge on any atom is -0.349 e. The SMILES string of the molecule is Cc1ccc(C(=O)CCC(=O)NCc2nc3ccccc3[nH]2)cc1C. The maximum atomic E-state index is 12.2. The summed E-state index contributed by atoms with van der Waals surface area (Å²) in [4.78, 5) is 31.8. The van der Waals surface area contributed by atoms with Gasteiger partial charge in [0.2, 0.25) is 5.91 Å². The van der Waals surface area contributed by atoms with Crippen LogP contribution in [-0.4, -0.2) is 21.7 Å². The highest BCUT2D eigenvalue weighted by Crippen LogP contribution is 2.13. The molecule has 0 unspecified atom stereocenters. The second-order valence-electron chi connectivity index (χ2n) is 6.20. The van der Waals surface area contributed by atoms with Crippen molar-refractivity contribution in [3.8, 4) is 0 Å². The number of rotatable bonds is 6. The lowest BCUT2D eigenvalue weighted by Crippen LogP contribution is -2.23. The molecule has 1 aromatic heterocycles. The Balaban J connectivity index is 1.50. The number of ketones is 1. The first-order valence-electron chi connectivity index (χ1n) is 8.34. The molecule has 5 nitrogen and oxygen atoms in total. The molecule has 2 aromatic carbocycles. The number of Topliss-reactive ketones (excluding diaryl/α,β-unsaturated/α-hetero) is 1. The first kappa shape index (κ1) is 16.9. The number of fused-ring (bicyclic) bond motifs is 1. The molecule has 2 N–H and O–H groups in total. The highest BCUT2D eigenvalue weighted by atomic mass is 16.2. The second-order valence-corrected chi connectivity index (χ2v) is 6.20. The normalized spacial score (nSPS) is 10.8. The molecule has 0 spiro atoms. The minimum atomic E-state index is -0.155. The quantitative estimate of drug-likeness (QED) is 0.677. The van der Waals surface area contributed by atoms with Crippen LogP contribution >= 0.6 is 0 Å². The number of H-pyrrole nitrogens is 1. The molecule has 1 amide bonds. The van der Waals surface area contributed by atoms with Crippen LogP contribution < -0.4 is 5.32 Å². The third kappa shape index (κ3) is 4.12. The Morgan fingerprint density at radius 1 is 1.04 bits per heavy atom. The van der Waals surface area contributed by atoms with Crippen LogP contribution in [0.1, 0.15) is 40.2 Å². The number of hydrogen-bond donors (Lipinski definition) is 2. The molecule has 0 atom stereocenters. The average molecular weight is 335 g/mol. The molecule has 0 saturated heterocycles. The molecule has 0 fully saturated rings. The molecule has 3 aromatic rings. The number of aryl methyl sites for hydroxylation is 2. The third-order valence-corrected chi connectivity index (χ3v) is 4.30. The lowest BCUT2D eigenvalue weighted by molar-refractivity contribution is -0.121. The molecule has 0 aliphatic carbocycles. The van der Waals surface area contributed by atoms with Crippen molar-refractivity contribution in [1.29, 1.82) is 0 Å². The first-order valence-corrected chi connectivity index (χ1v) is 8.34. The van der Waals surface area contributed by atoms with Gasteiger partial charge in [0.15, 0.2) is 5.78 Å². The summed E-state index contributed by atoms with van der Waals surface area (Å²) in [5, 5.41) is 2.80. The van der Waals surface area contributed by atoms with Gasteiger partial charge >= 0.3 is 0 Å². The van der Waals surface area contributed by atoms with Crippen molar-refractivity contribution in [2.24, 2.45) is 0 Å². The van der Waals surface area contributed by atoms with Gasteiger partial charge in [0.1, 0.15) is 5.82 Å². The van der Waals surface area contributed by atoms with Crippen LogP contribution in [0.25, 0.3) is 11.0 Å². The van der Waals surface area contributed by atoms with Crippen LogP contribution in [0, 0.1) is 13.8 Å². The number of nitrogens with one attached hydrogen (secondary N) is 2. The number of benzene rings is 2. The fraction of sp³-hybridized carbons (Fsp3) is 0.250. The van der Waals surface area contributed by atoms with Crippen molar-refractivity contribution in [3.05, 3.63) is 65.0 Å². The number of amides is 1. The molecule has 1 heterocycles. The predicted octanol–water partition coefficient (Wildman–Crippen LogP) is 3.46. The number of aromatic nitrogens is 2. The zero-order valence-corrected chi connectivity index (χ0v) is 14.4. The smallest absolute Gasteiger partial charge is 0.220 e. The number of carbonyl (C=O) groups excluding carboxylic acids is 2. The molecule has 128 valence electrons. The Bertz CT molecular complexity index is 895. The van der Waals surface area contributed by atoms with Gasteiger partial charge in [-0.3, -0.25) is 9.59 Å². The van der Waals surface area contributed by atoms with Crippen LogP contribution in [0.4, 0.5) is 0 Å². The second kappa shape index (κ2) is 7.30. The van der Waals surface area contributed by atoms with Crippen LogP contribution in [0.2, 0.25) is 0 Å². The van der Waals surface area contributed by atoms with Crippen molar-refractivity contribution >= 4 is 22.7 Å². The van der Waals surface area contributed by atoms with Gasteiger partial charge < -0.3 is 10.3 Å². The molecule has 0 bridgehead atoms. The standard InChI is InChI=1S/C20H21N3O2/c1-13-7-8-15(11-14(13)2)18(24)9-10-20(25)21-12-19-22-16-5-3-4-6-17(16)23-19/h3-8,11H,9-10,12H2,1-2H3,(H,21,25)(H,22,23). The van der Waals surface area contributed by atoms with Gasteiger partial charge in [-0.15, -0.1) is 0 Å². The van der Waals surface area contributed by atoms with Gasteiger partial charge in [0.25, 0.3) is 0 Å². The number of nitrogens with zero attached hydrogens (tertiary/aromatic N) is 1.